The first-order valence-corrected chi connectivity index (χ1v) is 13.5. The molecule has 1 saturated heterocycles. The number of fused-ring (bicyclic) bond motifs is 1. The first-order chi connectivity index (χ1) is 18.1. The van der Waals surface area contributed by atoms with Gasteiger partial charge in [-0.15, -0.1) is 0 Å². The third kappa shape index (κ3) is 5.24. The molecule has 1 aliphatic heterocycles. The zero-order valence-corrected chi connectivity index (χ0v) is 22.2. The topological polar surface area (TPSA) is 50.8 Å². The largest absolute Gasteiger partial charge is 0.493 e. The molecule has 2 aliphatic rings. The van der Waals surface area contributed by atoms with E-state index >= 15 is 0 Å². The summed E-state index contributed by atoms with van der Waals surface area (Å²) in [6.07, 6.45) is 5.24. The maximum atomic E-state index is 13.9. The molecule has 5 rings (SSSR count). The summed E-state index contributed by atoms with van der Waals surface area (Å²) < 4.78 is 11.3. The van der Waals surface area contributed by atoms with E-state index in [9.17, 15) is 4.79 Å². The van der Waals surface area contributed by atoms with Gasteiger partial charge in [-0.2, -0.15) is 0 Å². The average molecular weight is 498 g/mol. The Labute approximate surface area is 220 Å². The lowest BCUT2D eigenvalue weighted by Crippen LogP contribution is -2.32. The summed E-state index contributed by atoms with van der Waals surface area (Å²) in [5, 5.41) is 3.43. The number of nitrogens with one attached hydrogen (secondary N) is 1. The van der Waals surface area contributed by atoms with Crippen LogP contribution in [0.5, 0.6) is 11.5 Å². The van der Waals surface area contributed by atoms with Gasteiger partial charge in [-0.25, -0.2) is 0 Å². The minimum absolute atomic E-state index is 0.0126. The van der Waals surface area contributed by atoms with E-state index in [4.69, 9.17) is 9.47 Å². The summed E-state index contributed by atoms with van der Waals surface area (Å²) in [5.41, 5.74) is 6.81. The highest BCUT2D eigenvalue weighted by atomic mass is 16.5. The molecule has 1 fully saturated rings. The third-order valence-corrected chi connectivity index (χ3v) is 8.07. The Morgan fingerprint density at radius 1 is 0.973 bits per heavy atom. The minimum atomic E-state index is 0.0126. The SMILES string of the molecule is CCN(C(=O)c1ccc(C2CCNCC2)cc1)c1cc(OC)c(OC)cc1[C@@H]1CCc2c[c]ccc2C1. The molecule has 0 unspecified atom stereocenters. The van der Waals surface area contributed by atoms with Crippen molar-refractivity contribution in [1.82, 2.24) is 5.32 Å². The van der Waals surface area contributed by atoms with Crippen LogP contribution in [0.3, 0.4) is 0 Å². The Balaban J connectivity index is 1.48. The van der Waals surface area contributed by atoms with Gasteiger partial charge in [0.2, 0.25) is 0 Å². The molecule has 0 aromatic heterocycles. The molecule has 0 spiro atoms. The zero-order chi connectivity index (χ0) is 25.8. The average Bonchev–Trinajstić information content (AvgIpc) is 2.97. The smallest absolute Gasteiger partial charge is 0.258 e. The van der Waals surface area contributed by atoms with Crippen molar-refractivity contribution in [2.75, 3.05) is 38.8 Å². The molecule has 0 saturated carbocycles. The zero-order valence-electron chi connectivity index (χ0n) is 22.2. The number of amides is 1. The lowest BCUT2D eigenvalue weighted by atomic mass is 9.79. The Morgan fingerprint density at radius 2 is 1.70 bits per heavy atom. The fourth-order valence-electron chi connectivity index (χ4n) is 5.97. The van der Waals surface area contributed by atoms with E-state index in [1.807, 2.05) is 36.1 Å². The normalized spacial score (nSPS) is 17.6. The first-order valence-electron chi connectivity index (χ1n) is 13.5. The van der Waals surface area contributed by atoms with Crippen LogP contribution in [0.2, 0.25) is 0 Å². The second-order valence-corrected chi connectivity index (χ2v) is 10.1. The molecule has 1 radical (unpaired) electrons. The minimum Gasteiger partial charge on any atom is -0.493 e. The van der Waals surface area contributed by atoms with Crippen LogP contribution in [0.4, 0.5) is 5.69 Å². The molecule has 1 heterocycles. The second kappa shape index (κ2) is 11.4. The van der Waals surface area contributed by atoms with Gasteiger partial charge in [0.1, 0.15) is 0 Å². The van der Waals surface area contributed by atoms with Crippen LogP contribution >= 0.6 is 0 Å². The van der Waals surface area contributed by atoms with Crippen LogP contribution in [-0.4, -0.2) is 39.8 Å². The van der Waals surface area contributed by atoms with Crippen molar-refractivity contribution in [1.29, 1.82) is 0 Å². The van der Waals surface area contributed by atoms with Crippen molar-refractivity contribution < 1.29 is 14.3 Å². The van der Waals surface area contributed by atoms with Gasteiger partial charge in [-0.05, 0) is 110 Å². The van der Waals surface area contributed by atoms with E-state index in [0.717, 1.165) is 56.4 Å². The van der Waals surface area contributed by atoms with Gasteiger partial charge in [-0.3, -0.25) is 4.79 Å². The molecule has 193 valence electrons. The highest BCUT2D eigenvalue weighted by Gasteiger charge is 2.28. The molecular weight excluding hydrogens is 460 g/mol. The summed E-state index contributed by atoms with van der Waals surface area (Å²) in [6, 6.07) is 21.8. The maximum Gasteiger partial charge on any atom is 0.258 e. The fraction of sp³-hybridized carbons (Fsp3) is 0.406. The number of anilines is 1. The molecule has 5 nitrogen and oxygen atoms in total. The molecule has 1 amide bonds. The molecule has 1 aliphatic carbocycles. The van der Waals surface area contributed by atoms with E-state index in [2.05, 4.69) is 41.7 Å². The molecular formula is C32H37N2O3. The summed E-state index contributed by atoms with van der Waals surface area (Å²) >= 11 is 0. The number of ether oxygens (including phenoxy) is 2. The fourth-order valence-corrected chi connectivity index (χ4v) is 5.97. The van der Waals surface area contributed by atoms with Crippen LogP contribution in [0.25, 0.3) is 0 Å². The number of rotatable bonds is 7. The van der Waals surface area contributed by atoms with Crippen molar-refractivity contribution in [2.45, 2.75) is 50.9 Å². The summed E-state index contributed by atoms with van der Waals surface area (Å²) in [5.74, 6) is 2.20. The van der Waals surface area contributed by atoms with Crippen molar-refractivity contribution >= 4 is 11.6 Å². The molecule has 37 heavy (non-hydrogen) atoms. The number of piperidine rings is 1. The first kappa shape index (κ1) is 25.3. The Morgan fingerprint density at radius 3 is 2.41 bits per heavy atom. The van der Waals surface area contributed by atoms with E-state index in [1.54, 1.807) is 14.2 Å². The van der Waals surface area contributed by atoms with Crippen LogP contribution in [0, 0.1) is 6.07 Å². The van der Waals surface area contributed by atoms with Crippen molar-refractivity contribution in [3.05, 3.63) is 88.5 Å². The monoisotopic (exact) mass is 497 g/mol. The molecule has 0 bridgehead atoms. The molecule has 1 atom stereocenters. The predicted molar refractivity (Wildman–Crippen MR) is 148 cm³/mol. The van der Waals surface area contributed by atoms with E-state index < -0.39 is 0 Å². The molecule has 1 N–H and O–H groups in total. The molecule has 3 aromatic rings. The summed E-state index contributed by atoms with van der Waals surface area (Å²) in [7, 11) is 3.31. The summed E-state index contributed by atoms with van der Waals surface area (Å²) in [4.78, 5) is 15.8. The quantitative estimate of drug-likeness (QED) is 0.441. The van der Waals surface area contributed by atoms with Crippen molar-refractivity contribution in [2.24, 2.45) is 0 Å². The number of hydrogen-bond donors (Lipinski definition) is 1. The Bertz CT molecular complexity index is 1230. The number of nitrogens with zero attached hydrogens (tertiary/aromatic N) is 1. The number of hydrogen-bond acceptors (Lipinski definition) is 4. The standard InChI is InChI=1S/C32H37N2O3/c1-4-34(32(35)25-12-9-23(10-13-25)24-15-17-33-18-16-24)29-21-31(37-3)30(36-2)20-28(29)27-14-11-22-7-5-6-8-26(22)19-27/h6-10,12-13,20-21,24,27,33H,4,11,14-19H2,1-3H3/t27-/m1/s1. The van der Waals surface area contributed by atoms with Gasteiger partial charge in [0.25, 0.3) is 5.91 Å². The van der Waals surface area contributed by atoms with Gasteiger partial charge in [0.15, 0.2) is 11.5 Å². The maximum absolute atomic E-state index is 13.9. The summed E-state index contributed by atoms with van der Waals surface area (Å²) in [6.45, 7) is 4.71. The van der Waals surface area contributed by atoms with Crippen LogP contribution in [0.15, 0.2) is 54.6 Å². The van der Waals surface area contributed by atoms with Crippen LogP contribution < -0.4 is 19.7 Å². The van der Waals surface area contributed by atoms with Gasteiger partial charge in [0, 0.05) is 18.2 Å². The number of methoxy groups -OCH3 is 2. The number of aryl methyl sites for hydroxylation is 1. The second-order valence-electron chi connectivity index (χ2n) is 10.1. The molecule has 3 aromatic carbocycles. The van der Waals surface area contributed by atoms with E-state index in [0.29, 0.717) is 29.5 Å². The highest BCUT2D eigenvalue weighted by Crippen LogP contribution is 2.43. The Kier molecular flexibility index (Phi) is 7.80. The van der Waals surface area contributed by atoms with Crippen molar-refractivity contribution in [3.63, 3.8) is 0 Å². The van der Waals surface area contributed by atoms with Gasteiger partial charge in [0.05, 0.1) is 19.9 Å². The Hall–Kier alpha value is -3.31. The van der Waals surface area contributed by atoms with Crippen LogP contribution in [-0.2, 0) is 12.8 Å². The lowest BCUT2D eigenvalue weighted by molar-refractivity contribution is 0.0988. The third-order valence-electron chi connectivity index (χ3n) is 8.07. The molecule has 5 heteroatoms. The van der Waals surface area contributed by atoms with Gasteiger partial charge >= 0.3 is 0 Å². The number of carbonyl (C=O) groups excluding carboxylic acids is 1. The number of carbonyl (C=O) groups is 1. The van der Waals surface area contributed by atoms with Crippen LogP contribution in [0.1, 0.15) is 70.6 Å². The van der Waals surface area contributed by atoms with E-state index in [1.165, 1.54) is 16.7 Å². The van der Waals surface area contributed by atoms with Gasteiger partial charge in [-0.1, -0.05) is 30.3 Å². The van der Waals surface area contributed by atoms with E-state index in [-0.39, 0.29) is 11.8 Å². The predicted octanol–water partition coefficient (Wildman–Crippen LogP) is 5.91. The highest BCUT2D eigenvalue weighted by molar-refractivity contribution is 6.06. The van der Waals surface area contributed by atoms with Gasteiger partial charge < -0.3 is 19.7 Å². The van der Waals surface area contributed by atoms with Crippen molar-refractivity contribution in [3.8, 4) is 11.5 Å². The number of benzene rings is 3. The lowest BCUT2D eigenvalue weighted by Gasteiger charge is -2.31.